The number of furan rings is 1. The summed E-state index contributed by atoms with van der Waals surface area (Å²) in [7, 11) is 1.68. The van der Waals surface area contributed by atoms with Gasteiger partial charge in [0.2, 0.25) is 5.88 Å². The van der Waals surface area contributed by atoms with Gasteiger partial charge in [0, 0.05) is 41.7 Å². The second kappa shape index (κ2) is 6.55. The van der Waals surface area contributed by atoms with Crippen LogP contribution in [-0.2, 0) is 13.0 Å². The number of fused-ring (bicyclic) bond motifs is 2. The number of methoxy groups -OCH3 is 1. The molecule has 1 aliphatic heterocycles. The molecule has 136 valence electrons. The van der Waals surface area contributed by atoms with Crippen molar-refractivity contribution in [1.82, 2.24) is 19.9 Å². The predicted octanol–water partition coefficient (Wildman–Crippen LogP) is 3.71. The van der Waals surface area contributed by atoms with Crippen LogP contribution in [0.4, 0.5) is 0 Å². The zero-order valence-electron chi connectivity index (χ0n) is 15.1. The Labute approximate surface area is 156 Å². The quantitative estimate of drug-likeness (QED) is 0.601. The lowest BCUT2D eigenvalue weighted by atomic mass is 9.95. The second-order valence-electron chi connectivity index (χ2n) is 6.80. The van der Waals surface area contributed by atoms with Gasteiger partial charge < -0.3 is 14.1 Å². The first-order valence-electron chi connectivity index (χ1n) is 9.04. The largest absolute Gasteiger partial charge is 0.481 e. The molecule has 1 N–H and O–H groups in total. The summed E-state index contributed by atoms with van der Waals surface area (Å²) in [4.78, 5) is 15.1. The molecule has 6 heteroatoms. The maximum absolute atomic E-state index is 5.69. The number of para-hydroxylation sites is 1. The van der Waals surface area contributed by atoms with E-state index in [-0.39, 0.29) is 6.04 Å². The standard InChI is InChI=1S/C21H20N4O2/c1-26-21-16(10-15-4-2-3-5-17(15)24-21)20-19-18(22-13-23-19)6-8-25(20)11-14-7-9-27-12-14/h2-5,7,9-10,12-13,20H,6,8,11H2,1H3,(H,22,23)/t20-/m0/s1. The fourth-order valence-electron chi connectivity index (χ4n) is 3.93. The van der Waals surface area contributed by atoms with Crippen LogP contribution in [0, 0.1) is 0 Å². The van der Waals surface area contributed by atoms with Crippen molar-refractivity contribution < 1.29 is 9.15 Å². The molecule has 1 atom stereocenters. The number of pyridine rings is 1. The van der Waals surface area contributed by atoms with Gasteiger partial charge in [0.25, 0.3) is 0 Å². The third-order valence-corrected chi connectivity index (χ3v) is 5.20. The summed E-state index contributed by atoms with van der Waals surface area (Å²) in [6.45, 7) is 1.70. The number of benzene rings is 1. The van der Waals surface area contributed by atoms with Crippen molar-refractivity contribution in [2.75, 3.05) is 13.7 Å². The molecule has 0 saturated heterocycles. The van der Waals surface area contributed by atoms with Crippen molar-refractivity contribution in [1.29, 1.82) is 0 Å². The molecule has 0 unspecified atom stereocenters. The van der Waals surface area contributed by atoms with Crippen LogP contribution >= 0.6 is 0 Å². The molecule has 0 radical (unpaired) electrons. The Morgan fingerprint density at radius 1 is 1.30 bits per heavy atom. The molecule has 1 aliphatic rings. The first-order valence-corrected chi connectivity index (χ1v) is 9.04. The van der Waals surface area contributed by atoms with Crippen LogP contribution in [0.1, 0.15) is 28.6 Å². The van der Waals surface area contributed by atoms with Crippen LogP contribution < -0.4 is 4.74 Å². The number of aromatic amines is 1. The third kappa shape index (κ3) is 2.78. The highest BCUT2D eigenvalue weighted by atomic mass is 16.5. The smallest absolute Gasteiger partial charge is 0.218 e. The zero-order valence-corrected chi connectivity index (χ0v) is 15.1. The highest BCUT2D eigenvalue weighted by Gasteiger charge is 2.33. The Morgan fingerprint density at radius 2 is 2.22 bits per heavy atom. The lowest BCUT2D eigenvalue weighted by Gasteiger charge is -2.35. The molecule has 4 heterocycles. The van der Waals surface area contributed by atoms with Crippen LogP contribution in [-0.4, -0.2) is 33.5 Å². The van der Waals surface area contributed by atoms with Gasteiger partial charge in [0.05, 0.1) is 43.2 Å². The minimum absolute atomic E-state index is 0.0260. The topological polar surface area (TPSA) is 67.2 Å². The summed E-state index contributed by atoms with van der Waals surface area (Å²) in [5.41, 5.74) is 5.33. The molecule has 0 amide bonds. The highest BCUT2D eigenvalue weighted by Crippen LogP contribution is 2.39. The highest BCUT2D eigenvalue weighted by molar-refractivity contribution is 5.80. The lowest BCUT2D eigenvalue weighted by molar-refractivity contribution is 0.195. The van der Waals surface area contributed by atoms with Crippen molar-refractivity contribution in [3.05, 3.63) is 77.8 Å². The summed E-state index contributed by atoms with van der Waals surface area (Å²) in [5, 5.41) is 1.10. The molecule has 1 aromatic carbocycles. The lowest BCUT2D eigenvalue weighted by Crippen LogP contribution is -2.36. The van der Waals surface area contributed by atoms with E-state index in [1.165, 1.54) is 5.69 Å². The molecule has 5 rings (SSSR count). The Balaban J connectivity index is 1.66. The fourth-order valence-corrected chi connectivity index (χ4v) is 3.93. The summed E-state index contributed by atoms with van der Waals surface area (Å²) in [6.07, 6.45) is 6.23. The van der Waals surface area contributed by atoms with E-state index in [1.807, 2.05) is 24.3 Å². The number of nitrogens with one attached hydrogen (secondary N) is 1. The molecule has 27 heavy (non-hydrogen) atoms. The third-order valence-electron chi connectivity index (χ3n) is 5.20. The molecular weight excluding hydrogens is 340 g/mol. The van der Waals surface area contributed by atoms with Crippen LogP contribution in [0.2, 0.25) is 0 Å². The Bertz CT molecular complexity index is 1070. The van der Waals surface area contributed by atoms with E-state index in [9.17, 15) is 0 Å². The van der Waals surface area contributed by atoms with Gasteiger partial charge in [-0.25, -0.2) is 9.97 Å². The number of H-pyrrole nitrogens is 1. The second-order valence-corrected chi connectivity index (χ2v) is 6.80. The average Bonchev–Trinajstić information content (AvgIpc) is 3.38. The minimum Gasteiger partial charge on any atom is -0.481 e. The van der Waals surface area contributed by atoms with Crippen molar-refractivity contribution >= 4 is 10.9 Å². The van der Waals surface area contributed by atoms with E-state index in [4.69, 9.17) is 14.1 Å². The van der Waals surface area contributed by atoms with Gasteiger partial charge in [-0.05, 0) is 18.2 Å². The maximum atomic E-state index is 5.69. The number of hydrogen-bond acceptors (Lipinski definition) is 5. The van der Waals surface area contributed by atoms with Crippen molar-refractivity contribution in [3.8, 4) is 5.88 Å². The fraction of sp³-hybridized carbons (Fsp3) is 0.238. The number of hydrogen-bond donors (Lipinski definition) is 1. The molecule has 6 nitrogen and oxygen atoms in total. The molecule has 0 aliphatic carbocycles. The predicted molar refractivity (Wildman–Crippen MR) is 102 cm³/mol. The Morgan fingerprint density at radius 3 is 3.07 bits per heavy atom. The van der Waals surface area contributed by atoms with Crippen LogP contribution in [0.15, 0.2) is 59.7 Å². The molecule has 4 aromatic rings. The summed E-state index contributed by atoms with van der Waals surface area (Å²) >= 11 is 0. The molecule has 0 bridgehead atoms. The molecular formula is C21H20N4O2. The molecule has 0 fully saturated rings. The van der Waals surface area contributed by atoms with E-state index < -0.39 is 0 Å². The molecule has 0 spiro atoms. The number of imidazole rings is 1. The Hall–Kier alpha value is -3.12. The first kappa shape index (κ1) is 16.1. The van der Waals surface area contributed by atoms with E-state index in [0.717, 1.165) is 47.2 Å². The van der Waals surface area contributed by atoms with Gasteiger partial charge in [0.15, 0.2) is 0 Å². The van der Waals surface area contributed by atoms with Gasteiger partial charge in [-0.2, -0.15) is 0 Å². The van der Waals surface area contributed by atoms with Gasteiger partial charge >= 0.3 is 0 Å². The maximum Gasteiger partial charge on any atom is 0.218 e. The summed E-state index contributed by atoms with van der Waals surface area (Å²) < 4.78 is 11.0. The number of rotatable bonds is 4. The number of aromatic nitrogens is 3. The first-order chi connectivity index (χ1) is 13.3. The van der Waals surface area contributed by atoms with Crippen LogP contribution in [0.3, 0.4) is 0 Å². The number of nitrogens with zero attached hydrogens (tertiary/aromatic N) is 3. The van der Waals surface area contributed by atoms with Crippen LogP contribution in [0.25, 0.3) is 10.9 Å². The normalized spacial score (nSPS) is 17.1. The summed E-state index contributed by atoms with van der Waals surface area (Å²) in [6, 6.07) is 12.3. The van der Waals surface area contributed by atoms with Crippen molar-refractivity contribution in [2.45, 2.75) is 19.0 Å². The summed E-state index contributed by atoms with van der Waals surface area (Å²) in [5.74, 6) is 0.645. The Kier molecular flexibility index (Phi) is 3.90. The molecule has 3 aromatic heterocycles. The van der Waals surface area contributed by atoms with Gasteiger partial charge in [0.1, 0.15) is 0 Å². The van der Waals surface area contributed by atoms with Gasteiger partial charge in [-0.1, -0.05) is 18.2 Å². The van der Waals surface area contributed by atoms with E-state index >= 15 is 0 Å². The van der Waals surface area contributed by atoms with Gasteiger partial charge in [-0.3, -0.25) is 4.90 Å². The monoisotopic (exact) mass is 360 g/mol. The van der Waals surface area contributed by atoms with Crippen molar-refractivity contribution in [2.24, 2.45) is 0 Å². The minimum atomic E-state index is -0.0260. The average molecular weight is 360 g/mol. The van der Waals surface area contributed by atoms with Gasteiger partial charge in [-0.15, -0.1) is 0 Å². The van der Waals surface area contributed by atoms with E-state index in [0.29, 0.717) is 5.88 Å². The molecule has 0 saturated carbocycles. The number of ether oxygens (including phenoxy) is 1. The van der Waals surface area contributed by atoms with E-state index in [1.54, 1.807) is 26.0 Å². The van der Waals surface area contributed by atoms with E-state index in [2.05, 4.69) is 27.0 Å². The zero-order chi connectivity index (χ0) is 18.2. The van der Waals surface area contributed by atoms with Crippen molar-refractivity contribution in [3.63, 3.8) is 0 Å². The van der Waals surface area contributed by atoms with Crippen LogP contribution in [0.5, 0.6) is 5.88 Å². The SMILES string of the molecule is COc1nc2ccccc2cc1[C@H]1c2nc[nH]c2CCN1Cc1ccoc1.